The lowest BCUT2D eigenvalue weighted by molar-refractivity contribution is 0.103. The molecule has 2 fully saturated rings. The fourth-order valence-electron chi connectivity index (χ4n) is 5.16. The Hall–Kier alpha value is -1.99. The standard InChI is InChI=1S/C22H31N5O2/c1-14-23-22(29-26-14)17-12-15-6-5-9-18(15)25-21(17)27-11-10-19(20(28)13-27)24-16-7-3-2-4-8-16/h12,16,19-20,24,28H,2-11,13H2,1H3/t19?,20-/m1/s1. The van der Waals surface area contributed by atoms with Crippen LogP contribution in [0.1, 0.15) is 62.0 Å². The average molecular weight is 398 g/mol. The number of piperidine rings is 1. The molecule has 0 radical (unpaired) electrons. The van der Waals surface area contributed by atoms with E-state index >= 15 is 0 Å². The molecule has 0 amide bonds. The Morgan fingerprint density at radius 1 is 1.10 bits per heavy atom. The zero-order chi connectivity index (χ0) is 19.8. The minimum Gasteiger partial charge on any atom is -0.390 e. The summed E-state index contributed by atoms with van der Waals surface area (Å²) in [6.07, 6.45) is 10.2. The molecule has 156 valence electrons. The zero-order valence-electron chi connectivity index (χ0n) is 17.2. The summed E-state index contributed by atoms with van der Waals surface area (Å²) >= 11 is 0. The lowest BCUT2D eigenvalue weighted by atomic mass is 9.92. The number of nitrogens with zero attached hydrogens (tertiary/aromatic N) is 4. The van der Waals surface area contributed by atoms with Gasteiger partial charge in [0, 0.05) is 30.9 Å². The molecular weight excluding hydrogens is 366 g/mol. The number of rotatable bonds is 4. The third kappa shape index (κ3) is 3.90. The molecule has 2 N–H and O–H groups in total. The molecule has 5 rings (SSSR count). The molecule has 0 aromatic carbocycles. The first-order valence-corrected chi connectivity index (χ1v) is 11.2. The van der Waals surface area contributed by atoms with Gasteiger partial charge in [0.2, 0.25) is 0 Å². The molecule has 2 atom stereocenters. The van der Waals surface area contributed by atoms with Gasteiger partial charge in [0.05, 0.1) is 11.7 Å². The predicted octanol–water partition coefficient (Wildman–Crippen LogP) is 2.79. The van der Waals surface area contributed by atoms with Gasteiger partial charge in [0.25, 0.3) is 5.89 Å². The lowest BCUT2D eigenvalue weighted by Crippen LogP contribution is -2.55. The summed E-state index contributed by atoms with van der Waals surface area (Å²) < 4.78 is 5.49. The molecule has 7 heteroatoms. The fourth-order valence-corrected chi connectivity index (χ4v) is 5.16. The number of aliphatic hydroxyl groups excluding tert-OH is 1. The predicted molar refractivity (Wildman–Crippen MR) is 111 cm³/mol. The van der Waals surface area contributed by atoms with E-state index in [2.05, 4.69) is 26.4 Å². The quantitative estimate of drug-likeness (QED) is 0.820. The van der Waals surface area contributed by atoms with Crippen LogP contribution in [0.15, 0.2) is 10.6 Å². The van der Waals surface area contributed by atoms with Crippen molar-refractivity contribution in [3.63, 3.8) is 0 Å². The van der Waals surface area contributed by atoms with Gasteiger partial charge >= 0.3 is 0 Å². The van der Waals surface area contributed by atoms with Crippen LogP contribution in [0.2, 0.25) is 0 Å². The lowest BCUT2D eigenvalue weighted by Gasteiger charge is -2.39. The summed E-state index contributed by atoms with van der Waals surface area (Å²) in [6.45, 7) is 3.28. The third-order valence-electron chi connectivity index (χ3n) is 6.73. The van der Waals surface area contributed by atoms with Crippen molar-refractivity contribution in [2.75, 3.05) is 18.0 Å². The van der Waals surface area contributed by atoms with Crippen LogP contribution < -0.4 is 10.2 Å². The van der Waals surface area contributed by atoms with Gasteiger partial charge in [-0.1, -0.05) is 24.4 Å². The molecule has 0 spiro atoms. The van der Waals surface area contributed by atoms with Crippen molar-refractivity contribution in [1.82, 2.24) is 20.4 Å². The van der Waals surface area contributed by atoms with Crippen molar-refractivity contribution in [3.8, 4) is 11.5 Å². The topological polar surface area (TPSA) is 87.3 Å². The van der Waals surface area contributed by atoms with Crippen molar-refractivity contribution in [3.05, 3.63) is 23.1 Å². The number of hydrogen-bond donors (Lipinski definition) is 2. The molecule has 0 bridgehead atoms. The summed E-state index contributed by atoms with van der Waals surface area (Å²) in [6, 6.07) is 2.90. The second-order valence-electron chi connectivity index (χ2n) is 8.88. The van der Waals surface area contributed by atoms with E-state index in [1.54, 1.807) is 0 Å². The number of anilines is 1. The molecule has 2 aromatic rings. The summed E-state index contributed by atoms with van der Waals surface area (Å²) in [5.74, 6) is 2.03. The SMILES string of the molecule is Cc1noc(-c2cc3c(nc2N2CCC(NC4CCCCC4)[C@H](O)C2)CCC3)n1. The number of nitrogens with one attached hydrogen (secondary N) is 1. The number of pyridine rings is 1. The number of β-amino-alcohol motifs (C(OH)–C–C–N with tert-alkyl or cyclic N) is 1. The van der Waals surface area contributed by atoms with Crippen molar-refractivity contribution in [1.29, 1.82) is 0 Å². The monoisotopic (exact) mass is 397 g/mol. The minimum atomic E-state index is -0.405. The molecule has 2 aliphatic carbocycles. The Bertz CT molecular complexity index is 861. The highest BCUT2D eigenvalue weighted by Gasteiger charge is 2.32. The minimum absolute atomic E-state index is 0.165. The van der Waals surface area contributed by atoms with Gasteiger partial charge in [-0.05, 0) is 57.1 Å². The van der Waals surface area contributed by atoms with Gasteiger partial charge in [-0.15, -0.1) is 0 Å². The summed E-state index contributed by atoms with van der Waals surface area (Å²) in [5, 5.41) is 18.6. The molecule has 7 nitrogen and oxygen atoms in total. The molecule has 3 heterocycles. The van der Waals surface area contributed by atoms with E-state index in [-0.39, 0.29) is 6.04 Å². The number of aliphatic hydroxyl groups is 1. The Balaban J connectivity index is 1.37. The molecular formula is C22H31N5O2. The summed E-state index contributed by atoms with van der Waals surface area (Å²) in [4.78, 5) is 11.7. The van der Waals surface area contributed by atoms with Crippen LogP contribution in [-0.2, 0) is 12.8 Å². The van der Waals surface area contributed by atoms with Crippen molar-refractivity contribution >= 4 is 5.82 Å². The van der Waals surface area contributed by atoms with E-state index in [0.29, 0.717) is 24.3 Å². The maximum atomic E-state index is 10.9. The molecule has 29 heavy (non-hydrogen) atoms. The Kier molecular flexibility index (Phi) is 5.26. The van der Waals surface area contributed by atoms with Crippen LogP contribution in [-0.4, -0.2) is 51.5 Å². The van der Waals surface area contributed by atoms with Crippen LogP contribution in [0.4, 0.5) is 5.82 Å². The van der Waals surface area contributed by atoms with E-state index < -0.39 is 6.10 Å². The van der Waals surface area contributed by atoms with Gasteiger partial charge in [-0.2, -0.15) is 4.98 Å². The third-order valence-corrected chi connectivity index (χ3v) is 6.73. The molecule has 1 aliphatic heterocycles. The van der Waals surface area contributed by atoms with E-state index in [0.717, 1.165) is 43.6 Å². The first-order chi connectivity index (χ1) is 14.2. The largest absolute Gasteiger partial charge is 0.390 e. The van der Waals surface area contributed by atoms with Gasteiger partial charge in [0.1, 0.15) is 5.82 Å². The van der Waals surface area contributed by atoms with Crippen LogP contribution in [0.3, 0.4) is 0 Å². The van der Waals surface area contributed by atoms with Gasteiger partial charge in [0.15, 0.2) is 5.82 Å². The van der Waals surface area contributed by atoms with Gasteiger partial charge < -0.3 is 19.8 Å². The van der Waals surface area contributed by atoms with E-state index in [9.17, 15) is 5.11 Å². The van der Waals surface area contributed by atoms with E-state index in [4.69, 9.17) is 9.51 Å². The number of hydrogen-bond acceptors (Lipinski definition) is 7. The average Bonchev–Trinajstić information content (AvgIpc) is 3.37. The maximum absolute atomic E-state index is 10.9. The summed E-state index contributed by atoms with van der Waals surface area (Å²) in [5.41, 5.74) is 3.36. The Morgan fingerprint density at radius 2 is 1.97 bits per heavy atom. The van der Waals surface area contributed by atoms with Crippen LogP contribution in [0.25, 0.3) is 11.5 Å². The smallest absolute Gasteiger partial charge is 0.261 e. The Morgan fingerprint density at radius 3 is 2.72 bits per heavy atom. The van der Waals surface area contributed by atoms with Crippen molar-refractivity contribution in [2.24, 2.45) is 0 Å². The number of fused-ring (bicyclic) bond motifs is 1. The highest BCUT2D eigenvalue weighted by molar-refractivity contribution is 5.72. The van der Waals surface area contributed by atoms with Crippen molar-refractivity contribution in [2.45, 2.75) is 82.9 Å². The molecule has 1 saturated carbocycles. The first-order valence-electron chi connectivity index (χ1n) is 11.2. The van der Waals surface area contributed by atoms with Crippen LogP contribution >= 0.6 is 0 Å². The van der Waals surface area contributed by atoms with E-state index in [1.165, 1.54) is 43.4 Å². The maximum Gasteiger partial charge on any atom is 0.261 e. The van der Waals surface area contributed by atoms with Crippen LogP contribution in [0, 0.1) is 6.92 Å². The Labute approximate surface area is 171 Å². The fraction of sp³-hybridized carbons (Fsp3) is 0.682. The second kappa shape index (κ2) is 8.03. The number of aromatic nitrogens is 3. The normalized spacial score (nSPS) is 25.4. The second-order valence-corrected chi connectivity index (χ2v) is 8.88. The van der Waals surface area contributed by atoms with Gasteiger partial charge in [-0.3, -0.25) is 0 Å². The highest BCUT2D eigenvalue weighted by atomic mass is 16.5. The molecule has 3 aliphatic rings. The van der Waals surface area contributed by atoms with E-state index in [1.807, 2.05) is 6.92 Å². The van der Waals surface area contributed by atoms with Crippen LogP contribution in [0.5, 0.6) is 0 Å². The number of aryl methyl sites for hydroxylation is 3. The molecule has 1 saturated heterocycles. The summed E-state index contributed by atoms with van der Waals surface area (Å²) in [7, 11) is 0. The zero-order valence-corrected chi connectivity index (χ0v) is 17.2. The van der Waals surface area contributed by atoms with Crippen molar-refractivity contribution < 1.29 is 9.63 Å². The first kappa shape index (κ1) is 19.0. The van der Waals surface area contributed by atoms with Gasteiger partial charge in [-0.25, -0.2) is 4.98 Å². The molecule has 1 unspecified atom stereocenters. The highest BCUT2D eigenvalue weighted by Crippen LogP contribution is 2.35. The molecule has 2 aromatic heterocycles.